The van der Waals surface area contributed by atoms with E-state index in [4.69, 9.17) is 0 Å². The van der Waals surface area contributed by atoms with Crippen molar-refractivity contribution in [3.05, 3.63) is 52.1 Å². The summed E-state index contributed by atoms with van der Waals surface area (Å²) in [5.41, 5.74) is 1.33. The first kappa shape index (κ1) is 10.6. The lowest BCUT2D eigenvalue weighted by Crippen LogP contribution is -1.93. The maximum Gasteiger partial charge on any atom is 0.277 e. The Kier molecular flexibility index (Phi) is 2.60. The third kappa shape index (κ3) is 1.65. The summed E-state index contributed by atoms with van der Waals surface area (Å²) in [6.07, 6.45) is 0. The van der Waals surface area contributed by atoms with Crippen LogP contribution in [0.15, 0.2) is 36.4 Å². The zero-order chi connectivity index (χ0) is 11.7. The van der Waals surface area contributed by atoms with Crippen molar-refractivity contribution >= 4 is 16.5 Å². The van der Waals surface area contributed by atoms with Crippen LogP contribution in [-0.4, -0.2) is 4.92 Å². The fourth-order valence-corrected chi connectivity index (χ4v) is 1.98. The standard InChI is InChI=1S/C13H13NO2/c1-9(2)10-5-3-7-12-11(10)6-4-8-13(12)14(15)16/h3-9H,1-2H3. The molecule has 3 heteroatoms. The summed E-state index contributed by atoms with van der Waals surface area (Å²) < 4.78 is 0. The normalized spacial score (nSPS) is 10.9. The molecule has 0 atom stereocenters. The van der Waals surface area contributed by atoms with Crippen molar-refractivity contribution in [2.75, 3.05) is 0 Å². The summed E-state index contributed by atoms with van der Waals surface area (Å²) in [5.74, 6) is 0.366. The Labute approximate surface area is 93.9 Å². The van der Waals surface area contributed by atoms with E-state index in [2.05, 4.69) is 13.8 Å². The smallest absolute Gasteiger partial charge is 0.258 e. The third-order valence-electron chi connectivity index (χ3n) is 2.75. The predicted octanol–water partition coefficient (Wildman–Crippen LogP) is 3.87. The number of nitro groups is 1. The summed E-state index contributed by atoms with van der Waals surface area (Å²) in [5, 5.41) is 12.6. The minimum atomic E-state index is -0.327. The number of nitrogens with zero attached hydrogens (tertiary/aromatic N) is 1. The Bertz CT molecular complexity index is 547. The third-order valence-corrected chi connectivity index (χ3v) is 2.75. The van der Waals surface area contributed by atoms with Crippen LogP contribution in [0.5, 0.6) is 0 Å². The van der Waals surface area contributed by atoms with Crippen LogP contribution in [0.25, 0.3) is 10.8 Å². The molecule has 0 fully saturated rings. The number of non-ortho nitro benzene ring substituents is 1. The van der Waals surface area contributed by atoms with Crippen molar-refractivity contribution in [1.29, 1.82) is 0 Å². The topological polar surface area (TPSA) is 43.1 Å². The fraction of sp³-hybridized carbons (Fsp3) is 0.231. The lowest BCUT2D eigenvalue weighted by atomic mass is 9.95. The SMILES string of the molecule is CC(C)c1cccc2c([N+](=O)[O-])cccc12. The molecule has 0 spiro atoms. The zero-order valence-electron chi connectivity index (χ0n) is 9.31. The number of rotatable bonds is 2. The maximum absolute atomic E-state index is 10.9. The van der Waals surface area contributed by atoms with E-state index in [1.165, 1.54) is 0 Å². The molecule has 16 heavy (non-hydrogen) atoms. The number of hydrogen-bond donors (Lipinski definition) is 0. The van der Waals surface area contributed by atoms with Gasteiger partial charge in [0, 0.05) is 6.07 Å². The van der Waals surface area contributed by atoms with Gasteiger partial charge in [0.2, 0.25) is 0 Å². The molecule has 2 aromatic rings. The second-order valence-electron chi connectivity index (χ2n) is 4.13. The molecule has 0 aliphatic heterocycles. The van der Waals surface area contributed by atoms with Gasteiger partial charge in [0.1, 0.15) is 0 Å². The molecule has 0 amide bonds. The van der Waals surface area contributed by atoms with Gasteiger partial charge in [0.25, 0.3) is 5.69 Å². The first-order valence-corrected chi connectivity index (χ1v) is 5.27. The molecule has 82 valence electrons. The summed E-state index contributed by atoms with van der Waals surface area (Å²) >= 11 is 0. The fourth-order valence-electron chi connectivity index (χ4n) is 1.98. The minimum absolute atomic E-state index is 0.181. The van der Waals surface area contributed by atoms with E-state index >= 15 is 0 Å². The molecule has 2 rings (SSSR count). The average molecular weight is 215 g/mol. The lowest BCUT2D eigenvalue weighted by Gasteiger charge is -2.09. The summed E-state index contributed by atoms with van der Waals surface area (Å²) in [7, 11) is 0. The zero-order valence-corrected chi connectivity index (χ0v) is 9.31. The van der Waals surface area contributed by atoms with E-state index in [-0.39, 0.29) is 10.6 Å². The molecule has 0 N–H and O–H groups in total. The van der Waals surface area contributed by atoms with E-state index in [1.54, 1.807) is 18.2 Å². The van der Waals surface area contributed by atoms with Gasteiger partial charge in [0.15, 0.2) is 0 Å². The van der Waals surface area contributed by atoms with Gasteiger partial charge in [-0.15, -0.1) is 0 Å². The van der Waals surface area contributed by atoms with Gasteiger partial charge in [-0.2, -0.15) is 0 Å². The summed E-state index contributed by atoms with van der Waals surface area (Å²) in [6, 6.07) is 10.9. The average Bonchev–Trinajstić information content (AvgIpc) is 2.27. The van der Waals surface area contributed by atoms with Crippen molar-refractivity contribution in [2.45, 2.75) is 19.8 Å². The molecule has 0 bridgehead atoms. The molecule has 0 aliphatic carbocycles. The quantitative estimate of drug-likeness (QED) is 0.563. The molecular formula is C13H13NO2. The molecule has 0 aromatic heterocycles. The van der Waals surface area contributed by atoms with Crippen LogP contribution in [0.3, 0.4) is 0 Å². The van der Waals surface area contributed by atoms with Gasteiger partial charge in [-0.1, -0.05) is 38.1 Å². The number of fused-ring (bicyclic) bond motifs is 1. The molecule has 2 aromatic carbocycles. The molecule has 0 saturated heterocycles. The molecule has 3 nitrogen and oxygen atoms in total. The van der Waals surface area contributed by atoms with E-state index < -0.39 is 0 Å². The largest absolute Gasteiger partial charge is 0.277 e. The highest BCUT2D eigenvalue weighted by Gasteiger charge is 2.13. The van der Waals surface area contributed by atoms with E-state index in [0.29, 0.717) is 5.92 Å². The second-order valence-corrected chi connectivity index (χ2v) is 4.13. The number of nitro benzene ring substituents is 1. The van der Waals surface area contributed by atoms with Crippen molar-refractivity contribution in [3.8, 4) is 0 Å². The first-order valence-electron chi connectivity index (χ1n) is 5.27. The van der Waals surface area contributed by atoms with Crippen LogP contribution in [0.4, 0.5) is 5.69 Å². The molecule has 0 aliphatic rings. The van der Waals surface area contributed by atoms with Gasteiger partial charge < -0.3 is 0 Å². The second kappa shape index (κ2) is 3.93. The first-order chi connectivity index (χ1) is 7.61. The summed E-state index contributed by atoms with van der Waals surface area (Å²) in [6.45, 7) is 4.18. The van der Waals surface area contributed by atoms with E-state index in [0.717, 1.165) is 16.3 Å². The Balaban J connectivity index is 2.81. The van der Waals surface area contributed by atoms with E-state index in [1.807, 2.05) is 18.2 Å². The monoisotopic (exact) mass is 215 g/mol. The Hall–Kier alpha value is -1.90. The van der Waals surface area contributed by atoms with Gasteiger partial charge in [-0.3, -0.25) is 10.1 Å². The van der Waals surface area contributed by atoms with Crippen LogP contribution in [0, 0.1) is 10.1 Å². The van der Waals surface area contributed by atoms with Crippen molar-refractivity contribution in [2.24, 2.45) is 0 Å². The van der Waals surface area contributed by atoms with Crippen LogP contribution >= 0.6 is 0 Å². The van der Waals surface area contributed by atoms with Crippen molar-refractivity contribution < 1.29 is 4.92 Å². The molecular weight excluding hydrogens is 202 g/mol. The Morgan fingerprint density at radius 1 is 1.06 bits per heavy atom. The highest BCUT2D eigenvalue weighted by Crippen LogP contribution is 2.30. The number of benzene rings is 2. The lowest BCUT2D eigenvalue weighted by molar-refractivity contribution is -0.383. The van der Waals surface area contributed by atoms with E-state index in [9.17, 15) is 10.1 Å². The molecule has 0 saturated carbocycles. The maximum atomic E-state index is 10.9. The molecule has 0 radical (unpaired) electrons. The van der Waals surface area contributed by atoms with Gasteiger partial charge in [-0.05, 0) is 22.9 Å². The molecule has 0 unspecified atom stereocenters. The van der Waals surface area contributed by atoms with Crippen LogP contribution in [0.1, 0.15) is 25.3 Å². The number of hydrogen-bond acceptors (Lipinski definition) is 2. The minimum Gasteiger partial charge on any atom is -0.258 e. The highest BCUT2D eigenvalue weighted by atomic mass is 16.6. The summed E-state index contributed by atoms with van der Waals surface area (Å²) in [4.78, 5) is 10.6. The Morgan fingerprint density at radius 3 is 2.31 bits per heavy atom. The highest BCUT2D eigenvalue weighted by molar-refractivity contribution is 5.93. The van der Waals surface area contributed by atoms with Crippen molar-refractivity contribution in [1.82, 2.24) is 0 Å². The molecule has 0 heterocycles. The van der Waals surface area contributed by atoms with Crippen LogP contribution < -0.4 is 0 Å². The van der Waals surface area contributed by atoms with Gasteiger partial charge in [-0.25, -0.2) is 0 Å². The van der Waals surface area contributed by atoms with Crippen LogP contribution in [0.2, 0.25) is 0 Å². The van der Waals surface area contributed by atoms with Gasteiger partial charge >= 0.3 is 0 Å². The predicted molar refractivity (Wildman–Crippen MR) is 64.7 cm³/mol. The van der Waals surface area contributed by atoms with Crippen molar-refractivity contribution in [3.63, 3.8) is 0 Å². The Morgan fingerprint density at radius 2 is 1.69 bits per heavy atom. The van der Waals surface area contributed by atoms with Crippen LogP contribution in [-0.2, 0) is 0 Å². The van der Waals surface area contributed by atoms with Gasteiger partial charge in [0.05, 0.1) is 10.3 Å².